The first-order valence-electron chi connectivity index (χ1n) is 7.18. The lowest BCUT2D eigenvalue weighted by molar-refractivity contribution is -0.125. The van der Waals surface area contributed by atoms with Gasteiger partial charge < -0.3 is 16.4 Å². The number of hydrogen-bond acceptors (Lipinski definition) is 6. The Kier molecular flexibility index (Phi) is 7.76. The molecule has 1 atom stereocenters. The van der Waals surface area contributed by atoms with Crippen LogP contribution in [0.3, 0.4) is 0 Å². The Labute approximate surface area is 150 Å². The molecule has 2 aromatic rings. The summed E-state index contributed by atoms with van der Waals surface area (Å²) in [6, 6.07) is 6.62. The molecule has 1 heterocycles. The standard InChI is InChI=1S/C15H19N5O2S.ClH/c1-9(2)14(16)15(22)17-7-13(21)18-11-5-3-10(4-6-11)12-8-23-20-19-12;/h3-6,8-9,14H,7,16H2,1-2H3,(H,17,22)(H,18,21);1H/t14-;/m0./s1. The van der Waals surface area contributed by atoms with E-state index < -0.39 is 6.04 Å². The van der Waals surface area contributed by atoms with Crippen LogP contribution in [0, 0.1) is 5.92 Å². The molecular formula is C15H20ClN5O2S. The van der Waals surface area contributed by atoms with Gasteiger partial charge in [-0.2, -0.15) is 0 Å². The number of halogens is 1. The summed E-state index contributed by atoms with van der Waals surface area (Å²) < 4.78 is 3.81. The lowest BCUT2D eigenvalue weighted by Gasteiger charge is -2.15. The van der Waals surface area contributed by atoms with Crippen LogP contribution in [0.2, 0.25) is 0 Å². The second-order valence-electron chi connectivity index (χ2n) is 5.40. The van der Waals surface area contributed by atoms with Crippen LogP contribution in [0.4, 0.5) is 5.69 Å². The zero-order valence-corrected chi connectivity index (χ0v) is 15.0. The molecule has 0 spiro atoms. The summed E-state index contributed by atoms with van der Waals surface area (Å²) >= 11 is 1.28. The van der Waals surface area contributed by atoms with E-state index in [0.29, 0.717) is 5.69 Å². The quantitative estimate of drug-likeness (QED) is 0.717. The molecule has 0 radical (unpaired) electrons. The monoisotopic (exact) mass is 369 g/mol. The first-order chi connectivity index (χ1) is 11.0. The summed E-state index contributed by atoms with van der Waals surface area (Å²) in [5.41, 5.74) is 8.07. The predicted octanol–water partition coefficient (Wildman–Crippen LogP) is 1.66. The van der Waals surface area contributed by atoms with Crippen LogP contribution in [-0.4, -0.2) is 34.0 Å². The first-order valence-corrected chi connectivity index (χ1v) is 8.01. The van der Waals surface area contributed by atoms with E-state index in [1.807, 2.05) is 31.4 Å². The highest BCUT2D eigenvalue weighted by atomic mass is 35.5. The minimum absolute atomic E-state index is 0. The Morgan fingerprint density at radius 3 is 2.46 bits per heavy atom. The molecule has 0 unspecified atom stereocenters. The van der Waals surface area contributed by atoms with E-state index in [2.05, 4.69) is 20.2 Å². The van der Waals surface area contributed by atoms with Gasteiger partial charge in [0.25, 0.3) is 0 Å². The van der Waals surface area contributed by atoms with Crippen LogP contribution in [0.5, 0.6) is 0 Å². The number of nitrogens with zero attached hydrogens (tertiary/aromatic N) is 2. The van der Waals surface area contributed by atoms with Gasteiger partial charge in [-0.05, 0) is 29.6 Å². The molecule has 0 saturated heterocycles. The Bertz CT molecular complexity index is 661. The molecular weight excluding hydrogens is 350 g/mol. The normalized spacial score (nSPS) is 11.5. The van der Waals surface area contributed by atoms with Crippen LogP contribution in [0.25, 0.3) is 11.3 Å². The molecule has 0 fully saturated rings. The van der Waals surface area contributed by atoms with Crippen LogP contribution in [-0.2, 0) is 9.59 Å². The molecule has 9 heteroatoms. The molecule has 0 aliphatic heterocycles. The molecule has 0 bridgehead atoms. The van der Waals surface area contributed by atoms with E-state index in [1.165, 1.54) is 11.5 Å². The average Bonchev–Trinajstić information content (AvgIpc) is 3.07. The smallest absolute Gasteiger partial charge is 0.243 e. The van der Waals surface area contributed by atoms with E-state index in [9.17, 15) is 9.59 Å². The van der Waals surface area contributed by atoms with Gasteiger partial charge in [-0.15, -0.1) is 17.5 Å². The Hall–Kier alpha value is -2.03. The third-order valence-electron chi connectivity index (χ3n) is 3.27. The highest BCUT2D eigenvalue weighted by molar-refractivity contribution is 7.03. The van der Waals surface area contributed by atoms with E-state index in [0.717, 1.165) is 11.3 Å². The number of rotatable bonds is 6. The number of carbonyl (C=O) groups excluding carboxylic acids is 2. The lowest BCUT2D eigenvalue weighted by atomic mass is 10.1. The molecule has 24 heavy (non-hydrogen) atoms. The number of benzene rings is 1. The van der Waals surface area contributed by atoms with Gasteiger partial charge in [-0.25, -0.2) is 0 Å². The van der Waals surface area contributed by atoms with Gasteiger partial charge in [0.1, 0.15) is 5.69 Å². The zero-order valence-electron chi connectivity index (χ0n) is 13.4. The third-order valence-corrected chi connectivity index (χ3v) is 3.77. The summed E-state index contributed by atoms with van der Waals surface area (Å²) in [5, 5.41) is 11.1. The lowest BCUT2D eigenvalue weighted by Crippen LogP contribution is -2.46. The number of hydrogen-bond donors (Lipinski definition) is 3. The Balaban J connectivity index is 0.00000288. The van der Waals surface area contributed by atoms with Gasteiger partial charge in [0.2, 0.25) is 11.8 Å². The van der Waals surface area contributed by atoms with Gasteiger partial charge in [0.05, 0.1) is 12.6 Å². The van der Waals surface area contributed by atoms with Crippen molar-refractivity contribution < 1.29 is 9.59 Å². The first kappa shape index (κ1) is 20.0. The Morgan fingerprint density at radius 2 is 1.92 bits per heavy atom. The molecule has 2 rings (SSSR count). The van der Waals surface area contributed by atoms with Crippen molar-refractivity contribution >= 4 is 41.4 Å². The molecule has 1 aromatic heterocycles. The number of nitrogens with one attached hydrogen (secondary N) is 2. The molecule has 0 saturated carbocycles. The van der Waals surface area contributed by atoms with E-state index >= 15 is 0 Å². The summed E-state index contributed by atoms with van der Waals surface area (Å²) in [4.78, 5) is 23.5. The van der Waals surface area contributed by atoms with Crippen molar-refractivity contribution in [3.8, 4) is 11.3 Å². The fourth-order valence-electron chi connectivity index (χ4n) is 1.81. The van der Waals surface area contributed by atoms with Crippen molar-refractivity contribution in [2.24, 2.45) is 11.7 Å². The van der Waals surface area contributed by atoms with Crippen LogP contribution >= 0.6 is 23.9 Å². The number of anilines is 1. The maximum absolute atomic E-state index is 11.8. The zero-order chi connectivity index (χ0) is 16.8. The molecule has 7 nitrogen and oxygen atoms in total. The van der Waals surface area contributed by atoms with E-state index in [1.54, 1.807) is 12.1 Å². The molecule has 0 aliphatic rings. The van der Waals surface area contributed by atoms with Gasteiger partial charge in [0, 0.05) is 16.6 Å². The van der Waals surface area contributed by atoms with Crippen LogP contribution in [0.1, 0.15) is 13.8 Å². The second kappa shape index (κ2) is 9.31. The molecule has 130 valence electrons. The van der Waals surface area contributed by atoms with Crippen LogP contribution in [0.15, 0.2) is 29.6 Å². The largest absolute Gasteiger partial charge is 0.346 e. The number of aromatic nitrogens is 2. The number of amides is 2. The molecule has 4 N–H and O–H groups in total. The molecule has 2 amide bonds. The predicted molar refractivity (Wildman–Crippen MR) is 97.0 cm³/mol. The maximum Gasteiger partial charge on any atom is 0.243 e. The minimum atomic E-state index is -0.617. The van der Waals surface area contributed by atoms with Crippen molar-refractivity contribution in [3.63, 3.8) is 0 Å². The Morgan fingerprint density at radius 1 is 1.25 bits per heavy atom. The second-order valence-corrected chi connectivity index (χ2v) is 6.01. The number of carbonyl (C=O) groups is 2. The maximum atomic E-state index is 11.8. The third kappa shape index (κ3) is 5.55. The topological polar surface area (TPSA) is 110 Å². The van der Waals surface area contributed by atoms with Crippen LogP contribution < -0.4 is 16.4 Å². The summed E-state index contributed by atoms with van der Waals surface area (Å²) in [7, 11) is 0. The van der Waals surface area contributed by atoms with Crippen molar-refractivity contribution in [1.29, 1.82) is 0 Å². The van der Waals surface area contributed by atoms with Gasteiger partial charge >= 0.3 is 0 Å². The summed E-state index contributed by atoms with van der Waals surface area (Å²) in [6.45, 7) is 3.59. The highest BCUT2D eigenvalue weighted by Gasteiger charge is 2.17. The van der Waals surface area contributed by atoms with Crippen molar-refractivity contribution in [1.82, 2.24) is 14.9 Å². The summed E-state index contributed by atoms with van der Waals surface area (Å²) in [5.74, 6) is -0.621. The molecule has 1 aromatic carbocycles. The molecule has 0 aliphatic carbocycles. The average molecular weight is 370 g/mol. The fraction of sp³-hybridized carbons (Fsp3) is 0.333. The number of nitrogens with two attached hydrogens (primary N) is 1. The summed E-state index contributed by atoms with van der Waals surface area (Å²) in [6.07, 6.45) is 0. The van der Waals surface area contributed by atoms with Crippen molar-refractivity contribution in [3.05, 3.63) is 29.6 Å². The minimum Gasteiger partial charge on any atom is -0.346 e. The van der Waals surface area contributed by atoms with Gasteiger partial charge in [-0.1, -0.05) is 30.5 Å². The van der Waals surface area contributed by atoms with Gasteiger partial charge in [0.15, 0.2) is 0 Å². The van der Waals surface area contributed by atoms with E-state index in [-0.39, 0.29) is 36.7 Å². The SMILES string of the molecule is CC(C)[C@H](N)C(=O)NCC(=O)Nc1ccc(-c2csnn2)cc1.Cl. The van der Waals surface area contributed by atoms with Gasteiger partial charge in [-0.3, -0.25) is 9.59 Å². The fourth-order valence-corrected chi connectivity index (χ4v) is 2.27. The highest BCUT2D eigenvalue weighted by Crippen LogP contribution is 2.19. The van der Waals surface area contributed by atoms with Crippen molar-refractivity contribution in [2.45, 2.75) is 19.9 Å². The van der Waals surface area contributed by atoms with E-state index in [4.69, 9.17) is 5.73 Å². The van der Waals surface area contributed by atoms with Crippen molar-refractivity contribution in [2.75, 3.05) is 11.9 Å².